The minimum absolute atomic E-state index is 0.0593. The Labute approximate surface area is 160 Å². The van der Waals surface area contributed by atoms with Crippen LogP contribution in [0, 0.1) is 0 Å². The summed E-state index contributed by atoms with van der Waals surface area (Å²) in [6.07, 6.45) is 6.28. The number of amides is 2. The molecule has 1 unspecified atom stereocenters. The van der Waals surface area contributed by atoms with Crippen molar-refractivity contribution in [1.82, 2.24) is 5.32 Å². The summed E-state index contributed by atoms with van der Waals surface area (Å²) in [5.74, 6) is -0.0675. The van der Waals surface area contributed by atoms with Crippen molar-refractivity contribution in [2.75, 3.05) is 31.1 Å². The van der Waals surface area contributed by atoms with Crippen molar-refractivity contribution < 1.29 is 14.5 Å². The summed E-state index contributed by atoms with van der Waals surface area (Å²) >= 11 is 6.10. The zero-order valence-electron chi connectivity index (χ0n) is 15.5. The molecule has 2 fully saturated rings. The highest BCUT2D eigenvalue weighted by atomic mass is 35.5. The van der Waals surface area contributed by atoms with Crippen LogP contribution in [0.4, 0.5) is 5.69 Å². The molecule has 1 aromatic rings. The first kappa shape index (κ1) is 19.2. The number of piperidine rings is 1. The summed E-state index contributed by atoms with van der Waals surface area (Å²) < 4.78 is 0. The van der Waals surface area contributed by atoms with Gasteiger partial charge < -0.3 is 15.1 Å². The van der Waals surface area contributed by atoms with E-state index in [1.807, 2.05) is 0 Å². The van der Waals surface area contributed by atoms with E-state index in [1.165, 1.54) is 25.8 Å². The van der Waals surface area contributed by atoms with Crippen molar-refractivity contribution in [3.05, 3.63) is 28.8 Å². The molecule has 2 saturated heterocycles. The van der Waals surface area contributed by atoms with Gasteiger partial charge in [-0.2, -0.15) is 0 Å². The van der Waals surface area contributed by atoms with Crippen LogP contribution in [0.1, 0.15) is 55.8 Å². The fourth-order valence-corrected chi connectivity index (χ4v) is 4.23. The van der Waals surface area contributed by atoms with Crippen molar-refractivity contribution in [3.8, 4) is 0 Å². The Bertz CT molecular complexity index is 664. The largest absolute Gasteiger partial charge is 0.352 e. The number of rotatable bonds is 6. The maximum atomic E-state index is 12.7. The lowest BCUT2D eigenvalue weighted by Gasteiger charge is -2.30. The molecule has 0 spiro atoms. The zero-order valence-corrected chi connectivity index (χ0v) is 16.3. The van der Waals surface area contributed by atoms with Crippen LogP contribution in [0.3, 0.4) is 0 Å². The van der Waals surface area contributed by atoms with Gasteiger partial charge in [-0.25, -0.2) is 0 Å². The third-order valence-corrected chi connectivity index (χ3v) is 5.85. The lowest BCUT2D eigenvalue weighted by atomic mass is 10.0. The van der Waals surface area contributed by atoms with Gasteiger partial charge in [0.25, 0.3) is 5.91 Å². The summed E-state index contributed by atoms with van der Waals surface area (Å²) in [5.41, 5.74) is 1.16. The summed E-state index contributed by atoms with van der Waals surface area (Å²) in [7, 11) is 0. The van der Waals surface area contributed by atoms with E-state index in [9.17, 15) is 9.59 Å². The molecule has 2 atom stereocenters. The standard InChI is InChI=1S/C20H28ClN3O2/c1-15-6-2-3-11-23(15)12-5-10-22-20(26)17-9-8-16(21)14-18(17)24-13-4-7-19(24)25/h8-9,14-15H,2-7,10-13H2,1H3,(H,22,26)/p+1/t15-/m1/s1. The van der Waals surface area contributed by atoms with Gasteiger partial charge in [-0.05, 0) is 50.8 Å². The molecule has 0 aromatic heterocycles. The molecule has 2 N–H and O–H groups in total. The number of anilines is 1. The predicted octanol–water partition coefficient (Wildman–Crippen LogP) is 2.04. The second-order valence-corrected chi connectivity index (χ2v) is 7.91. The zero-order chi connectivity index (χ0) is 18.5. The van der Waals surface area contributed by atoms with Gasteiger partial charge in [0.1, 0.15) is 0 Å². The molecule has 0 saturated carbocycles. The SMILES string of the molecule is C[C@@H]1CCCC[NH+]1CCCNC(=O)c1ccc(Cl)cc1N1CCCC1=O. The summed E-state index contributed by atoms with van der Waals surface area (Å²) in [6, 6.07) is 5.87. The highest BCUT2D eigenvalue weighted by Gasteiger charge is 2.26. The second-order valence-electron chi connectivity index (χ2n) is 7.47. The van der Waals surface area contributed by atoms with E-state index < -0.39 is 0 Å². The summed E-state index contributed by atoms with van der Waals surface area (Å²) in [4.78, 5) is 28.1. The first-order valence-corrected chi connectivity index (χ1v) is 10.2. The van der Waals surface area contributed by atoms with Crippen LogP contribution in [0.25, 0.3) is 0 Å². The number of nitrogens with zero attached hydrogens (tertiary/aromatic N) is 1. The molecule has 2 amide bonds. The second kappa shape index (κ2) is 8.87. The Morgan fingerprint density at radius 1 is 1.35 bits per heavy atom. The molecule has 6 heteroatoms. The molecule has 142 valence electrons. The van der Waals surface area contributed by atoms with E-state index in [-0.39, 0.29) is 11.8 Å². The molecule has 0 bridgehead atoms. The van der Waals surface area contributed by atoms with E-state index in [0.29, 0.717) is 35.8 Å². The number of quaternary nitrogens is 1. The monoisotopic (exact) mass is 378 g/mol. The molecule has 0 aliphatic carbocycles. The number of carbonyl (C=O) groups excluding carboxylic acids is 2. The van der Waals surface area contributed by atoms with Crippen molar-refractivity contribution in [2.24, 2.45) is 0 Å². The number of benzene rings is 1. The van der Waals surface area contributed by atoms with Crippen LogP contribution in [-0.2, 0) is 4.79 Å². The predicted molar refractivity (Wildman–Crippen MR) is 104 cm³/mol. The van der Waals surface area contributed by atoms with Gasteiger partial charge in [0, 0.05) is 31.0 Å². The Morgan fingerprint density at radius 3 is 2.92 bits per heavy atom. The number of likely N-dealkylation sites (tertiary alicyclic amines) is 1. The van der Waals surface area contributed by atoms with E-state index in [2.05, 4.69) is 12.2 Å². The molecule has 0 radical (unpaired) electrons. The lowest BCUT2D eigenvalue weighted by Crippen LogP contribution is -3.16. The lowest BCUT2D eigenvalue weighted by molar-refractivity contribution is -0.928. The van der Waals surface area contributed by atoms with Gasteiger partial charge >= 0.3 is 0 Å². The quantitative estimate of drug-likeness (QED) is 0.744. The van der Waals surface area contributed by atoms with E-state index >= 15 is 0 Å². The Balaban J connectivity index is 1.57. The van der Waals surface area contributed by atoms with Gasteiger partial charge in [0.2, 0.25) is 5.91 Å². The van der Waals surface area contributed by atoms with Crippen molar-refractivity contribution in [3.63, 3.8) is 0 Å². The molecule has 2 heterocycles. The molecule has 5 nitrogen and oxygen atoms in total. The van der Waals surface area contributed by atoms with Crippen LogP contribution in [-0.4, -0.2) is 44.0 Å². The molecular formula is C20H29ClN3O2+. The molecule has 26 heavy (non-hydrogen) atoms. The van der Waals surface area contributed by atoms with E-state index in [0.717, 1.165) is 25.4 Å². The van der Waals surface area contributed by atoms with Crippen molar-refractivity contribution in [1.29, 1.82) is 0 Å². The van der Waals surface area contributed by atoms with Crippen LogP contribution >= 0.6 is 11.6 Å². The van der Waals surface area contributed by atoms with Crippen LogP contribution in [0.2, 0.25) is 5.02 Å². The van der Waals surface area contributed by atoms with Crippen molar-refractivity contribution >= 4 is 29.1 Å². The fraction of sp³-hybridized carbons (Fsp3) is 0.600. The summed E-state index contributed by atoms with van der Waals surface area (Å²) in [5, 5.41) is 3.56. The van der Waals surface area contributed by atoms with Crippen molar-refractivity contribution in [2.45, 2.75) is 51.5 Å². The topological polar surface area (TPSA) is 53.9 Å². The number of hydrogen-bond donors (Lipinski definition) is 2. The number of hydrogen-bond acceptors (Lipinski definition) is 2. The third-order valence-electron chi connectivity index (χ3n) is 5.61. The average molecular weight is 379 g/mol. The highest BCUT2D eigenvalue weighted by molar-refractivity contribution is 6.31. The number of carbonyl (C=O) groups is 2. The minimum Gasteiger partial charge on any atom is -0.352 e. The first-order valence-electron chi connectivity index (χ1n) is 9.79. The normalized spacial score (nSPS) is 23.3. The van der Waals surface area contributed by atoms with Gasteiger partial charge in [-0.15, -0.1) is 0 Å². The summed E-state index contributed by atoms with van der Waals surface area (Å²) in [6.45, 7) is 5.97. The van der Waals surface area contributed by atoms with Crippen LogP contribution < -0.4 is 15.1 Å². The number of nitrogens with one attached hydrogen (secondary N) is 2. The maximum Gasteiger partial charge on any atom is 0.253 e. The number of halogens is 1. The molecule has 2 aliphatic rings. The molecule has 3 rings (SSSR count). The van der Waals surface area contributed by atoms with Crippen LogP contribution in [0.15, 0.2) is 18.2 Å². The van der Waals surface area contributed by atoms with E-state index in [4.69, 9.17) is 11.6 Å². The third kappa shape index (κ3) is 4.57. The smallest absolute Gasteiger partial charge is 0.253 e. The maximum absolute atomic E-state index is 12.7. The van der Waals surface area contributed by atoms with Gasteiger partial charge in [-0.1, -0.05) is 11.6 Å². The highest BCUT2D eigenvalue weighted by Crippen LogP contribution is 2.28. The van der Waals surface area contributed by atoms with Crippen LogP contribution in [0.5, 0.6) is 0 Å². The fourth-order valence-electron chi connectivity index (χ4n) is 4.06. The first-order chi connectivity index (χ1) is 12.6. The van der Waals surface area contributed by atoms with E-state index in [1.54, 1.807) is 28.0 Å². The molecule has 1 aromatic carbocycles. The average Bonchev–Trinajstić information content (AvgIpc) is 3.05. The Hall–Kier alpha value is -1.59. The Kier molecular flexibility index (Phi) is 6.54. The molecular weight excluding hydrogens is 350 g/mol. The minimum atomic E-state index is -0.127. The van der Waals surface area contributed by atoms with Gasteiger partial charge in [0.05, 0.1) is 30.4 Å². The molecule has 2 aliphatic heterocycles. The van der Waals surface area contributed by atoms with Gasteiger partial charge in [0.15, 0.2) is 0 Å². The Morgan fingerprint density at radius 2 is 2.19 bits per heavy atom. The van der Waals surface area contributed by atoms with Gasteiger partial charge in [-0.3, -0.25) is 9.59 Å².